The van der Waals surface area contributed by atoms with E-state index >= 15 is 0 Å². The lowest BCUT2D eigenvalue weighted by Gasteiger charge is -2.11. The van der Waals surface area contributed by atoms with E-state index in [0.29, 0.717) is 17.8 Å². The monoisotopic (exact) mass is 374 g/mol. The predicted octanol–water partition coefficient (Wildman–Crippen LogP) is 2.70. The minimum Gasteiger partial charge on any atom is -0.376 e. The third-order valence-corrected chi connectivity index (χ3v) is 5.64. The normalized spacial score (nSPS) is 17.0. The molecule has 0 unspecified atom stereocenters. The van der Waals surface area contributed by atoms with Crippen LogP contribution in [0.15, 0.2) is 53.4 Å². The molecule has 2 N–H and O–H groups in total. The molecular weight excluding hydrogens is 352 g/mol. The highest BCUT2D eigenvalue weighted by Crippen LogP contribution is 2.17. The minimum absolute atomic E-state index is 0.0829. The van der Waals surface area contributed by atoms with Crippen LogP contribution in [-0.4, -0.2) is 33.6 Å². The zero-order chi connectivity index (χ0) is 18.6. The summed E-state index contributed by atoms with van der Waals surface area (Å²) in [5, 5.41) is 2.84. The molecule has 0 radical (unpaired) electrons. The van der Waals surface area contributed by atoms with E-state index in [2.05, 4.69) is 10.0 Å². The van der Waals surface area contributed by atoms with Gasteiger partial charge in [-0.1, -0.05) is 17.7 Å². The molecule has 1 saturated heterocycles. The fourth-order valence-electron chi connectivity index (χ4n) is 2.74. The van der Waals surface area contributed by atoms with Gasteiger partial charge in [0, 0.05) is 24.4 Å². The van der Waals surface area contributed by atoms with Crippen LogP contribution in [0.1, 0.15) is 28.8 Å². The van der Waals surface area contributed by atoms with Crippen molar-refractivity contribution in [3.63, 3.8) is 0 Å². The Morgan fingerprint density at radius 3 is 2.42 bits per heavy atom. The fraction of sp³-hybridized carbons (Fsp3) is 0.316. The summed E-state index contributed by atoms with van der Waals surface area (Å²) in [7, 11) is -3.65. The number of aryl methyl sites for hydroxylation is 1. The number of amides is 1. The van der Waals surface area contributed by atoms with Crippen molar-refractivity contribution in [1.82, 2.24) is 5.32 Å². The number of carbonyl (C=O) groups is 1. The van der Waals surface area contributed by atoms with Gasteiger partial charge in [0.1, 0.15) is 0 Å². The number of rotatable bonds is 6. The lowest BCUT2D eigenvalue weighted by atomic mass is 10.2. The molecule has 3 rings (SSSR count). The minimum atomic E-state index is -3.65. The van der Waals surface area contributed by atoms with Crippen LogP contribution in [0.2, 0.25) is 0 Å². The lowest BCUT2D eigenvalue weighted by Crippen LogP contribution is -2.31. The second-order valence-corrected chi connectivity index (χ2v) is 8.02. The molecule has 1 atom stereocenters. The van der Waals surface area contributed by atoms with E-state index in [1.807, 2.05) is 6.92 Å². The standard InChI is InChI=1S/C19H22N2O4S/c1-14-4-10-18(11-5-14)26(23,24)21-16-8-6-15(7-9-16)19(22)20-13-17-3-2-12-25-17/h4-11,17,21H,2-3,12-13H2,1H3,(H,20,22)/t17-/m1/s1. The van der Waals surface area contributed by atoms with Crippen molar-refractivity contribution < 1.29 is 17.9 Å². The summed E-state index contributed by atoms with van der Waals surface area (Å²) in [6, 6.07) is 13.0. The van der Waals surface area contributed by atoms with Gasteiger partial charge in [-0.2, -0.15) is 0 Å². The van der Waals surface area contributed by atoms with Crippen molar-refractivity contribution in [1.29, 1.82) is 0 Å². The number of carbonyl (C=O) groups excluding carboxylic acids is 1. The Hall–Kier alpha value is -2.38. The fourth-order valence-corrected chi connectivity index (χ4v) is 3.79. The molecule has 0 bridgehead atoms. The van der Waals surface area contributed by atoms with Crippen molar-refractivity contribution >= 4 is 21.6 Å². The summed E-state index contributed by atoms with van der Waals surface area (Å²) in [5.74, 6) is -0.201. The number of hydrogen-bond donors (Lipinski definition) is 2. The van der Waals surface area contributed by atoms with Gasteiger partial charge < -0.3 is 10.1 Å². The number of ether oxygens (including phenoxy) is 1. The highest BCUT2D eigenvalue weighted by molar-refractivity contribution is 7.92. The molecule has 1 aliphatic rings. The van der Waals surface area contributed by atoms with E-state index in [1.54, 1.807) is 48.5 Å². The molecule has 7 heteroatoms. The molecule has 1 aliphatic heterocycles. The van der Waals surface area contributed by atoms with Gasteiger partial charge in [0.25, 0.3) is 15.9 Å². The van der Waals surface area contributed by atoms with Gasteiger partial charge in [-0.25, -0.2) is 8.42 Å². The number of anilines is 1. The molecule has 0 saturated carbocycles. The average molecular weight is 374 g/mol. The molecule has 1 heterocycles. The number of hydrogen-bond acceptors (Lipinski definition) is 4. The van der Waals surface area contributed by atoms with Crippen molar-refractivity contribution in [3.05, 3.63) is 59.7 Å². The van der Waals surface area contributed by atoms with E-state index < -0.39 is 10.0 Å². The van der Waals surface area contributed by atoms with E-state index in [1.165, 1.54) is 0 Å². The largest absolute Gasteiger partial charge is 0.376 e. The summed E-state index contributed by atoms with van der Waals surface area (Å²) in [4.78, 5) is 12.3. The Labute approximate surface area is 153 Å². The highest BCUT2D eigenvalue weighted by Gasteiger charge is 2.17. The quantitative estimate of drug-likeness (QED) is 0.814. The molecule has 1 amide bonds. The SMILES string of the molecule is Cc1ccc(S(=O)(=O)Nc2ccc(C(=O)NC[C@H]3CCCO3)cc2)cc1. The van der Waals surface area contributed by atoms with Gasteiger partial charge >= 0.3 is 0 Å². The lowest BCUT2D eigenvalue weighted by molar-refractivity contribution is 0.0858. The Kier molecular flexibility index (Phi) is 5.58. The van der Waals surface area contributed by atoms with E-state index in [9.17, 15) is 13.2 Å². The van der Waals surface area contributed by atoms with Crippen molar-refractivity contribution in [3.8, 4) is 0 Å². The zero-order valence-electron chi connectivity index (χ0n) is 14.6. The maximum absolute atomic E-state index is 12.4. The van der Waals surface area contributed by atoms with E-state index in [4.69, 9.17) is 4.74 Å². The van der Waals surface area contributed by atoms with Gasteiger partial charge in [-0.05, 0) is 56.2 Å². The first-order valence-electron chi connectivity index (χ1n) is 8.53. The predicted molar refractivity (Wildman–Crippen MR) is 99.7 cm³/mol. The summed E-state index contributed by atoms with van der Waals surface area (Å²) in [6.45, 7) is 3.13. The maximum Gasteiger partial charge on any atom is 0.261 e. The smallest absolute Gasteiger partial charge is 0.261 e. The summed E-state index contributed by atoms with van der Waals surface area (Å²) in [5.41, 5.74) is 1.87. The van der Waals surface area contributed by atoms with Crippen molar-refractivity contribution in [2.24, 2.45) is 0 Å². The second-order valence-electron chi connectivity index (χ2n) is 6.34. The van der Waals surface area contributed by atoms with Crippen LogP contribution in [0.3, 0.4) is 0 Å². The number of sulfonamides is 1. The summed E-state index contributed by atoms with van der Waals surface area (Å²) in [6.07, 6.45) is 2.07. The van der Waals surface area contributed by atoms with Crippen LogP contribution in [0.25, 0.3) is 0 Å². The first-order valence-corrected chi connectivity index (χ1v) is 10.0. The van der Waals surface area contributed by atoms with E-state index in [0.717, 1.165) is 25.0 Å². The van der Waals surface area contributed by atoms with Crippen molar-refractivity contribution in [2.75, 3.05) is 17.9 Å². The van der Waals surface area contributed by atoms with Crippen LogP contribution in [0.5, 0.6) is 0 Å². The molecule has 26 heavy (non-hydrogen) atoms. The Morgan fingerprint density at radius 2 is 1.81 bits per heavy atom. The summed E-state index contributed by atoms with van der Waals surface area (Å²) < 4.78 is 32.7. The Morgan fingerprint density at radius 1 is 1.12 bits per heavy atom. The zero-order valence-corrected chi connectivity index (χ0v) is 15.4. The molecule has 1 fully saturated rings. The molecule has 0 aliphatic carbocycles. The van der Waals surface area contributed by atoms with Crippen LogP contribution in [0, 0.1) is 6.92 Å². The second kappa shape index (κ2) is 7.88. The molecule has 138 valence electrons. The highest BCUT2D eigenvalue weighted by atomic mass is 32.2. The van der Waals surface area contributed by atoms with Gasteiger partial charge in [0.15, 0.2) is 0 Å². The molecule has 6 nitrogen and oxygen atoms in total. The van der Waals surface area contributed by atoms with Gasteiger partial charge in [0.05, 0.1) is 11.0 Å². The number of nitrogens with one attached hydrogen (secondary N) is 2. The van der Waals surface area contributed by atoms with Crippen LogP contribution < -0.4 is 10.0 Å². The molecular formula is C19H22N2O4S. The van der Waals surface area contributed by atoms with Crippen LogP contribution in [0.4, 0.5) is 5.69 Å². The molecule has 0 spiro atoms. The summed E-state index contributed by atoms with van der Waals surface area (Å²) >= 11 is 0. The van der Waals surface area contributed by atoms with E-state index in [-0.39, 0.29) is 16.9 Å². The van der Waals surface area contributed by atoms with Crippen LogP contribution >= 0.6 is 0 Å². The average Bonchev–Trinajstić information content (AvgIpc) is 3.14. The Balaban J connectivity index is 1.61. The first kappa shape index (κ1) is 18.4. The topological polar surface area (TPSA) is 84.5 Å². The molecule has 0 aromatic heterocycles. The van der Waals surface area contributed by atoms with Gasteiger partial charge in [-0.15, -0.1) is 0 Å². The maximum atomic E-state index is 12.4. The third-order valence-electron chi connectivity index (χ3n) is 4.24. The number of benzene rings is 2. The molecule has 2 aromatic carbocycles. The Bertz CT molecular complexity index is 855. The van der Waals surface area contributed by atoms with Gasteiger partial charge in [-0.3, -0.25) is 9.52 Å². The van der Waals surface area contributed by atoms with Crippen molar-refractivity contribution in [2.45, 2.75) is 30.8 Å². The van der Waals surface area contributed by atoms with Gasteiger partial charge in [0.2, 0.25) is 0 Å². The molecule has 2 aromatic rings. The third kappa shape index (κ3) is 4.62. The first-order chi connectivity index (χ1) is 12.4. The van der Waals surface area contributed by atoms with Crippen LogP contribution in [-0.2, 0) is 14.8 Å².